The minimum Gasteiger partial charge on any atom is -0.358 e. The molecule has 2 aromatic carbocycles. The molecule has 5 rings (SSSR count). The van der Waals surface area contributed by atoms with Crippen LogP contribution in [0.3, 0.4) is 0 Å². The molecule has 4 heteroatoms. The van der Waals surface area contributed by atoms with Gasteiger partial charge in [0.15, 0.2) is 0 Å². The molecule has 0 radical (unpaired) electrons. The lowest BCUT2D eigenvalue weighted by atomic mass is 10.00. The second-order valence-electron chi connectivity index (χ2n) is 7.37. The predicted molar refractivity (Wildman–Crippen MR) is 111 cm³/mol. The molecule has 138 valence electrons. The molecule has 0 atom stereocenters. The van der Waals surface area contributed by atoms with Crippen molar-refractivity contribution in [1.82, 2.24) is 14.9 Å². The largest absolute Gasteiger partial charge is 0.358 e. The molecule has 1 aliphatic rings. The number of rotatable bonds is 2. The molecule has 0 saturated carbocycles. The average molecular weight is 367 g/mol. The quantitative estimate of drug-likeness (QED) is 0.556. The van der Waals surface area contributed by atoms with E-state index in [9.17, 15) is 4.79 Å². The van der Waals surface area contributed by atoms with E-state index in [0.29, 0.717) is 6.54 Å². The standard InChI is InChI=1S/C24H21N3O/c1-16-7-8-19(14-25-16)18-9-10-22-20(13-18)21-15-27(12-11-23(21)26-22)24(28)17-5-3-2-4-6-17/h2-10,13-14,26H,11-12,15H2,1H3. The molecule has 3 heterocycles. The van der Waals surface area contributed by atoms with Crippen molar-refractivity contribution in [2.45, 2.75) is 19.9 Å². The van der Waals surface area contributed by atoms with Crippen molar-refractivity contribution in [2.24, 2.45) is 0 Å². The first-order valence-corrected chi connectivity index (χ1v) is 9.60. The number of amides is 1. The van der Waals surface area contributed by atoms with Gasteiger partial charge < -0.3 is 9.88 Å². The fraction of sp³-hybridized carbons (Fsp3) is 0.167. The van der Waals surface area contributed by atoms with E-state index in [1.165, 1.54) is 16.6 Å². The number of nitrogens with zero attached hydrogens (tertiary/aromatic N) is 2. The van der Waals surface area contributed by atoms with Crippen molar-refractivity contribution in [3.8, 4) is 11.1 Å². The van der Waals surface area contributed by atoms with Crippen LogP contribution in [-0.2, 0) is 13.0 Å². The van der Waals surface area contributed by atoms with Crippen molar-refractivity contribution >= 4 is 16.8 Å². The summed E-state index contributed by atoms with van der Waals surface area (Å²) < 4.78 is 0. The number of aromatic amines is 1. The molecule has 0 spiro atoms. The second kappa shape index (κ2) is 6.64. The molecule has 0 fully saturated rings. The zero-order valence-electron chi connectivity index (χ0n) is 15.8. The number of carbonyl (C=O) groups is 1. The van der Waals surface area contributed by atoms with Crippen molar-refractivity contribution in [3.63, 3.8) is 0 Å². The monoisotopic (exact) mass is 367 g/mol. The molecule has 4 aromatic rings. The highest BCUT2D eigenvalue weighted by Crippen LogP contribution is 2.31. The minimum absolute atomic E-state index is 0.0967. The number of hydrogen-bond acceptors (Lipinski definition) is 2. The summed E-state index contributed by atoms with van der Waals surface area (Å²) in [4.78, 5) is 22.8. The van der Waals surface area contributed by atoms with Crippen LogP contribution in [0.4, 0.5) is 0 Å². The smallest absolute Gasteiger partial charge is 0.254 e. The summed E-state index contributed by atoms with van der Waals surface area (Å²) in [5, 5.41) is 1.19. The molecular formula is C24H21N3O. The van der Waals surface area contributed by atoms with E-state index < -0.39 is 0 Å². The number of aryl methyl sites for hydroxylation is 1. The Labute approximate surface area is 163 Å². The molecule has 1 amide bonds. The van der Waals surface area contributed by atoms with Gasteiger partial charge in [0.25, 0.3) is 5.91 Å². The van der Waals surface area contributed by atoms with Crippen LogP contribution in [0.1, 0.15) is 27.3 Å². The van der Waals surface area contributed by atoms with Crippen LogP contribution in [0.25, 0.3) is 22.0 Å². The number of aromatic nitrogens is 2. The minimum atomic E-state index is 0.0967. The third kappa shape index (κ3) is 2.87. The summed E-state index contributed by atoms with van der Waals surface area (Å²) in [5.41, 5.74) is 7.61. The Morgan fingerprint density at radius 1 is 1.04 bits per heavy atom. The Balaban J connectivity index is 1.51. The highest BCUT2D eigenvalue weighted by Gasteiger charge is 2.24. The van der Waals surface area contributed by atoms with E-state index in [2.05, 4.69) is 34.2 Å². The summed E-state index contributed by atoms with van der Waals surface area (Å²) in [5.74, 6) is 0.0967. The SMILES string of the molecule is Cc1ccc(-c2ccc3[nH]c4c(c3c2)CN(C(=O)c2ccccc2)CC4)cn1. The summed E-state index contributed by atoms with van der Waals surface area (Å²) >= 11 is 0. The number of fused-ring (bicyclic) bond motifs is 3. The summed E-state index contributed by atoms with van der Waals surface area (Å²) in [7, 11) is 0. The molecule has 1 aliphatic heterocycles. The third-order valence-corrected chi connectivity index (χ3v) is 5.53. The van der Waals surface area contributed by atoms with E-state index in [4.69, 9.17) is 0 Å². The molecule has 1 N–H and O–H groups in total. The van der Waals surface area contributed by atoms with Gasteiger partial charge in [-0.05, 0) is 42.8 Å². The van der Waals surface area contributed by atoms with Crippen molar-refractivity contribution < 1.29 is 4.79 Å². The van der Waals surface area contributed by atoms with Gasteiger partial charge in [0.1, 0.15) is 0 Å². The maximum absolute atomic E-state index is 12.9. The molecule has 2 aromatic heterocycles. The van der Waals surface area contributed by atoms with E-state index in [-0.39, 0.29) is 5.91 Å². The molecule has 4 nitrogen and oxygen atoms in total. The lowest BCUT2D eigenvalue weighted by Crippen LogP contribution is -2.35. The van der Waals surface area contributed by atoms with E-state index >= 15 is 0 Å². The van der Waals surface area contributed by atoms with Crippen LogP contribution < -0.4 is 0 Å². The van der Waals surface area contributed by atoms with Crippen LogP contribution in [0.2, 0.25) is 0 Å². The van der Waals surface area contributed by atoms with Crippen LogP contribution in [0, 0.1) is 6.92 Å². The fourth-order valence-electron chi connectivity index (χ4n) is 3.97. The number of benzene rings is 2. The van der Waals surface area contributed by atoms with Crippen molar-refractivity contribution in [2.75, 3.05) is 6.54 Å². The van der Waals surface area contributed by atoms with E-state index in [0.717, 1.165) is 40.9 Å². The molecular weight excluding hydrogens is 346 g/mol. The normalized spacial score (nSPS) is 13.5. The topological polar surface area (TPSA) is 49.0 Å². The van der Waals surface area contributed by atoms with Gasteiger partial charge >= 0.3 is 0 Å². The molecule has 0 aliphatic carbocycles. The van der Waals surface area contributed by atoms with Gasteiger partial charge in [-0.1, -0.05) is 30.3 Å². The van der Waals surface area contributed by atoms with Gasteiger partial charge in [-0.2, -0.15) is 0 Å². The molecule has 0 bridgehead atoms. The maximum Gasteiger partial charge on any atom is 0.254 e. The lowest BCUT2D eigenvalue weighted by molar-refractivity contribution is 0.0735. The van der Waals surface area contributed by atoms with E-state index in [1.807, 2.05) is 54.4 Å². The number of hydrogen-bond donors (Lipinski definition) is 1. The molecule has 28 heavy (non-hydrogen) atoms. The number of carbonyl (C=O) groups excluding carboxylic acids is 1. The maximum atomic E-state index is 12.9. The first-order chi connectivity index (χ1) is 13.7. The second-order valence-corrected chi connectivity index (χ2v) is 7.37. The van der Waals surface area contributed by atoms with Crippen LogP contribution in [-0.4, -0.2) is 27.3 Å². The molecule has 0 unspecified atom stereocenters. The zero-order chi connectivity index (χ0) is 19.1. The summed E-state index contributed by atoms with van der Waals surface area (Å²) in [6.07, 6.45) is 2.77. The predicted octanol–water partition coefficient (Wildman–Crippen LogP) is 4.74. The van der Waals surface area contributed by atoms with Gasteiger partial charge in [-0.25, -0.2) is 0 Å². The van der Waals surface area contributed by atoms with Crippen LogP contribution in [0.5, 0.6) is 0 Å². The first kappa shape index (κ1) is 16.8. The van der Waals surface area contributed by atoms with Gasteiger partial charge in [0.2, 0.25) is 0 Å². The Hall–Kier alpha value is -3.40. The number of nitrogens with one attached hydrogen (secondary N) is 1. The lowest BCUT2D eigenvalue weighted by Gasteiger charge is -2.27. The number of pyridine rings is 1. The van der Waals surface area contributed by atoms with Crippen LogP contribution in [0.15, 0.2) is 66.9 Å². The van der Waals surface area contributed by atoms with Gasteiger partial charge in [0, 0.05) is 64.7 Å². The third-order valence-electron chi connectivity index (χ3n) is 5.53. The summed E-state index contributed by atoms with van der Waals surface area (Å²) in [6.45, 7) is 3.37. The number of H-pyrrole nitrogens is 1. The van der Waals surface area contributed by atoms with Gasteiger partial charge in [0.05, 0.1) is 0 Å². The summed E-state index contributed by atoms with van der Waals surface area (Å²) in [6, 6.07) is 20.1. The van der Waals surface area contributed by atoms with Crippen molar-refractivity contribution in [3.05, 3.63) is 89.4 Å². The van der Waals surface area contributed by atoms with E-state index in [1.54, 1.807) is 0 Å². The Morgan fingerprint density at radius 3 is 2.64 bits per heavy atom. The Morgan fingerprint density at radius 2 is 1.86 bits per heavy atom. The zero-order valence-corrected chi connectivity index (χ0v) is 15.8. The highest BCUT2D eigenvalue weighted by atomic mass is 16.2. The van der Waals surface area contributed by atoms with Crippen LogP contribution >= 0.6 is 0 Å². The highest BCUT2D eigenvalue weighted by molar-refractivity contribution is 5.95. The fourth-order valence-corrected chi connectivity index (χ4v) is 3.97. The molecule has 0 saturated heterocycles. The van der Waals surface area contributed by atoms with Crippen molar-refractivity contribution in [1.29, 1.82) is 0 Å². The Kier molecular flexibility index (Phi) is 3.97. The van der Waals surface area contributed by atoms with Gasteiger partial charge in [-0.3, -0.25) is 9.78 Å². The average Bonchev–Trinajstić information content (AvgIpc) is 3.11. The Bertz CT molecular complexity index is 1160. The van der Waals surface area contributed by atoms with Gasteiger partial charge in [-0.15, -0.1) is 0 Å². The first-order valence-electron chi connectivity index (χ1n) is 9.60.